The maximum absolute atomic E-state index is 10.1. The summed E-state index contributed by atoms with van der Waals surface area (Å²) in [5.41, 5.74) is 4.76. The molecule has 0 aliphatic carbocycles. The van der Waals surface area contributed by atoms with E-state index in [0.717, 1.165) is 23.6 Å². The van der Waals surface area contributed by atoms with E-state index in [2.05, 4.69) is 68.4 Å². The number of methoxy groups -OCH3 is 1. The van der Waals surface area contributed by atoms with Crippen LogP contribution in [0.15, 0.2) is 42.5 Å². The molecule has 0 spiro atoms. The van der Waals surface area contributed by atoms with E-state index >= 15 is 0 Å². The van der Waals surface area contributed by atoms with Gasteiger partial charge < -0.3 is 24.8 Å². The molecule has 1 unspecified atom stereocenters. The first-order valence-corrected chi connectivity index (χ1v) is 10.0. The molecule has 1 atom stereocenters. The molecule has 0 fully saturated rings. The van der Waals surface area contributed by atoms with Gasteiger partial charge in [0.1, 0.15) is 24.2 Å². The van der Waals surface area contributed by atoms with Crippen LogP contribution < -0.4 is 14.8 Å². The van der Waals surface area contributed by atoms with Crippen molar-refractivity contribution in [2.75, 3.05) is 27.3 Å². The maximum atomic E-state index is 10.1. The summed E-state index contributed by atoms with van der Waals surface area (Å²) in [6.07, 6.45) is 1.66. The van der Waals surface area contributed by atoms with Crippen molar-refractivity contribution < 1.29 is 14.6 Å². The number of fused-ring (bicyclic) bond motifs is 1. The van der Waals surface area contributed by atoms with Crippen LogP contribution in [0.3, 0.4) is 0 Å². The van der Waals surface area contributed by atoms with Gasteiger partial charge in [0.2, 0.25) is 0 Å². The summed E-state index contributed by atoms with van der Waals surface area (Å²) in [6.45, 7) is 7.83. The first-order chi connectivity index (χ1) is 13.7. The van der Waals surface area contributed by atoms with Crippen molar-refractivity contribution >= 4 is 11.8 Å². The molecule has 2 N–H and O–H groups in total. The fourth-order valence-corrected chi connectivity index (χ4v) is 3.29. The summed E-state index contributed by atoms with van der Waals surface area (Å²) < 4.78 is 11.1. The molecule has 29 heavy (non-hydrogen) atoms. The van der Waals surface area contributed by atoms with Crippen LogP contribution in [0.25, 0.3) is 11.8 Å². The molecule has 1 aliphatic rings. The van der Waals surface area contributed by atoms with E-state index in [0.29, 0.717) is 6.54 Å². The molecular weight excluding hydrogens is 364 g/mol. The summed E-state index contributed by atoms with van der Waals surface area (Å²) in [5.74, 6) is 1.64. The Balaban J connectivity index is 1.64. The molecule has 0 radical (unpaired) electrons. The maximum Gasteiger partial charge on any atom is 0.119 e. The lowest BCUT2D eigenvalue weighted by atomic mass is 9.98. The molecule has 2 aromatic carbocycles. The van der Waals surface area contributed by atoms with E-state index in [9.17, 15) is 5.11 Å². The van der Waals surface area contributed by atoms with Gasteiger partial charge in [-0.05, 0) is 79.9 Å². The number of benzene rings is 2. The second-order valence-electron chi connectivity index (χ2n) is 8.57. The van der Waals surface area contributed by atoms with E-state index in [4.69, 9.17) is 9.47 Å². The Hall–Kier alpha value is -2.50. The van der Waals surface area contributed by atoms with Crippen molar-refractivity contribution in [1.82, 2.24) is 10.2 Å². The normalized spacial score (nSPS) is 14.8. The number of nitrogens with one attached hydrogen (secondary N) is 1. The second kappa shape index (κ2) is 8.89. The highest BCUT2D eigenvalue weighted by Gasteiger charge is 2.17. The zero-order valence-corrected chi connectivity index (χ0v) is 18.0. The van der Waals surface area contributed by atoms with Crippen LogP contribution >= 0.6 is 0 Å². The number of hydrogen-bond acceptors (Lipinski definition) is 5. The van der Waals surface area contributed by atoms with Gasteiger partial charge in [-0.1, -0.05) is 6.07 Å². The Bertz CT molecular complexity index is 853. The SMILES string of the molecule is COc1ccc2c(c1)CN(C)C(c1ccc(OCC(O)CNC(C)(C)C)cc1)=C2. The predicted molar refractivity (Wildman–Crippen MR) is 118 cm³/mol. The van der Waals surface area contributed by atoms with Crippen LogP contribution in [-0.2, 0) is 6.54 Å². The van der Waals surface area contributed by atoms with Crippen molar-refractivity contribution in [2.45, 2.75) is 39.0 Å². The zero-order valence-electron chi connectivity index (χ0n) is 18.0. The number of aliphatic hydroxyl groups excluding tert-OH is 1. The van der Waals surface area contributed by atoms with Crippen LogP contribution in [-0.4, -0.2) is 49.0 Å². The number of β-amino-alcohol motifs (C(OH)–C–C–N with tert-alkyl or cyclic N) is 1. The molecule has 1 aliphatic heterocycles. The Labute approximate surface area is 174 Å². The van der Waals surface area contributed by atoms with Crippen molar-refractivity contribution in [3.8, 4) is 11.5 Å². The number of hydrogen-bond donors (Lipinski definition) is 2. The summed E-state index contributed by atoms with van der Waals surface area (Å²) in [7, 11) is 3.79. The van der Waals surface area contributed by atoms with Gasteiger partial charge in [0, 0.05) is 31.4 Å². The van der Waals surface area contributed by atoms with Crippen molar-refractivity contribution in [2.24, 2.45) is 0 Å². The highest BCUT2D eigenvalue weighted by molar-refractivity contribution is 5.83. The molecule has 0 amide bonds. The number of aliphatic hydroxyl groups is 1. The van der Waals surface area contributed by atoms with Gasteiger partial charge >= 0.3 is 0 Å². The molecule has 0 bridgehead atoms. The Morgan fingerprint density at radius 1 is 1.10 bits per heavy atom. The molecule has 0 saturated carbocycles. The molecule has 1 heterocycles. The van der Waals surface area contributed by atoms with E-state index in [1.165, 1.54) is 16.8 Å². The molecule has 156 valence electrons. The summed E-state index contributed by atoms with van der Waals surface area (Å²) in [4.78, 5) is 2.24. The van der Waals surface area contributed by atoms with E-state index in [1.807, 2.05) is 18.2 Å². The van der Waals surface area contributed by atoms with E-state index in [-0.39, 0.29) is 12.1 Å². The third-order valence-electron chi connectivity index (χ3n) is 4.92. The average molecular weight is 397 g/mol. The molecule has 0 saturated heterocycles. The molecular formula is C24H32N2O3. The third kappa shape index (κ3) is 5.75. The van der Waals surface area contributed by atoms with Crippen LogP contribution in [0.1, 0.15) is 37.5 Å². The fraction of sp³-hybridized carbons (Fsp3) is 0.417. The monoisotopic (exact) mass is 396 g/mol. The van der Waals surface area contributed by atoms with E-state index < -0.39 is 6.10 Å². The Morgan fingerprint density at radius 2 is 1.79 bits per heavy atom. The van der Waals surface area contributed by atoms with Gasteiger partial charge in [-0.3, -0.25) is 0 Å². The largest absolute Gasteiger partial charge is 0.497 e. The van der Waals surface area contributed by atoms with Crippen LogP contribution in [0.4, 0.5) is 0 Å². The molecule has 3 rings (SSSR count). The molecule has 5 heteroatoms. The van der Waals surface area contributed by atoms with Crippen LogP contribution in [0.2, 0.25) is 0 Å². The minimum Gasteiger partial charge on any atom is -0.497 e. The van der Waals surface area contributed by atoms with Gasteiger partial charge in [-0.2, -0.15) is 0 Å². The predicted octanol–water partition coefficient (Wildman–Crippen LogP) is 3.77. The van der Waals surface area contributed by atoms with Crippen molar-refractivity contribution in [1.29, 1.82) is 0 Å². The summed E-state index contributed by atoms with van der Waals surface area (Å²) in [5, 5.41) is 13.4. The number of ether oxygens (including phenoxy) is 2. The minimum absolute atomic E-state index is 0.0217. The first-order valence-electron chi connectivity index (χ1n) is 10.0. The quantitative estimate of drug-likeness (QED) is 0.746. The van der Waals surface area contributed by atoms with Gasteiger partial charge in [-0.25, -0.2) is 0 Å². The topological polar surface area (TPSA) is 54.0 Å². The summed E-state index contributed by atoms with van der Waals surface area (Å²) in [6, 6.07) is 14.2. The highest BCUT2D eigenvalue weighted by Crippen LogP contribution is 2.32. The lowest BCUT2D eigenvalue weighted by Crippen LogP contribution is -2.42. The summed E-state index contributed by atoms with van der Waals surface area (Å²) >= 11 is 0. The molecule has 0 aromatic heterocycles. The van der Waals surface area contributed by atoms with Crippen molar-refractivity contribution in [3.63, 3.8) is 0 Å². The smallest absolute Gasteiger partial charge is 0.119 e. The lowest BCUT2D eigenvalue weighted by molar-refractivity contribution is 0.100. The molecule has 2 aromatic rings. The highest BCUT2D eigenvalue weighted by atomic mass is 16.5. The number of rotatable bonds is 7. The molecule has 5 nitrogen and oxygen atoms in total. The Kier molecular flexibility index (Phi) is 6.50. The standard InChI is InChI=1S/C24H32N2O3/c1-24(2,3)25-14-20(27)16-29-21-9-6-17(7-10-21)23-13-18-8-11-22(28-5)12-19(18)15-26(23)4/h6-13,20,25,27H,14-16H2,1-5H3. The third-order valence-corrected chi connectivity index (χ3v) is 4.92. The van der Waals surface area contributed by atoms with Crippen molar-refractivity contribution in [3.05, 3.63) is 59.2 Å². The second-order valence-corrected chi connectivity index (χ2v) is 8.57. The van der Waals surface area contributed by atoms with Crippen LogP contribution in [0.5, 0.6) is 11.5 Å². The zero-order chi connectivity index (χ0) is 21.0. The van der Waals surface area contributed by atoms with Gasteiger partial charge in [0.15, 0.2) is 0 Å². The fourth-order valence-electron chi connectivity index (χ4n) is 3.29. The van der Waals surface area contributed by atoms with Crippen LogP contribution in [0, 0.1) is 0 Å². The minimum atomic E-state index is -0.547. The average Bonchev–Trinajstić information content (AvgIpc) is 2.69. The first kappa shape index (κ1) is 21.2. The van der Waals surface area contributed by atoms with Gasteiger partial charge in [0.05, 0.1) is 7.11 Å². The van der Waals surface area contributed by atoms with Gasteiger partial charge in [-0.15, -0.1) is 0 Å². The van der Waals surface area contributed by atoms with Gasteiger partial charge in [0.25, 0.3) is 0 Å². The lowest BCUT2D eigenvalue weighted by Gasteiger charge is -2.29. The number of nitrogens with zero attached hydrogens (tertiary/aromatic N) is 1. The van der Waals surface area contributed by atoms with E-state index in [1.54, 1.807) is 7.11 Å². The Morgan fingerprint density at radius 3 is 2.45 bits per heavy atom.